The van der Waals surface area contributed by atoms with Gasteiger partial charge in [0, 0.05) is 23.0 Å². The maximum absolute atomic E-state index is 12.3. The highest BCUT2D eigenvalue weighted by molar-refractivity contribution is 7.93. The molecule has 0 bridgehead atoms. The van der Waals surface area contributed by atoms with Crippen LogP contribution in [-0.2, 0) is 10.0 Å². The number of hydrogen-bond acceptors (Lipinski definition) is 5. The van der Waals surface area contributed by atoms with Crippen LogP contribution in [0.1, 0.15) is 24.2 Å². The van der Waals surface area contributed by atoms with Crippen molar-refractivity contribution in [2.24, 2.45) is 0 Å². The zero-order valence-electron chi connectivity index (χ0n) is 13.8. The molecule has 25 heavy (non-hydrogen) atoms. The van der Waals surface area contributed by atoms with Crippen LogP contribution in [-0.4, -0.2) is 26.4 Å². The lowest BCUT2D eigenvalue weighted by Gasteiger charge is -2.11. The number of sulfonamides is 1. The molecule has 1 aliphatic rings. The molecule has 2 aromatic rings. The predicted octanol–water partition coefficient (Wildman–Crippen LogP) is 2.82. The molecule has 0 saturated heterocycles. The fourth-order valence-electron chi connectivity index (χ4n) is 2.15. The highest BCUT2D eigenvalue weighted by Gasteiger charge is 2.17. The average molecular weight is 362 g/mol. The van der Waals surface area contributed by atoms with Gasteiger partial charge in [-0.15, -0.1) is 0 Å². The Morgan fingerprint density at radius 3 is 2.32 bits per heavy atom. The van der Waals surface area contributed by atoms with Gasteiger partial charge in [-0.05, 0) is 50.2 Å². The number of rotatable bonds is 5. The van der Waals surface area contributed by atoms with Gasteiger partial charge in [-0.1, -0.05) is 0 Å². The summed E-state index contributed by atoms with van der Waals surface area (Å²) in [6.07, 6.45) is 0. The Balaban J connectivity index is 1.69. The molecule has 0 aliphatic carbocycles. The first-order valence-corrected chi connectivity index (χ1v) is 9.22. The van der Waals surface area contributed by atoms with Crippen LogP contribution in [0.25, 0.3) is 0 Å². The second kappa shape index (κ2) is 6.64. The molecule has 0 radical (unpaired) electrons. The third-order valence-electron chi connectivity index (χ3n) is 3.66. The molecule has 7 nitrogen and oxygen atoms in total. The van der Waals surface area contributed by atoms with E-state index in [1.807, 2.05) is 0 Å². The standard InChI is InChI=1S/C17H18N2O5S/c1-11(2)25(21,22)19-13-5-3-12(4-6-13)17(20)18-14-7-8-15-16(9-14)24-10-23-15/h3-9,11,19H,10H2,1-2H3,(H,18,20). The fourth-order valence-corrected chi connectivity index (χ4v) is 2.85. The molecule has 3 rings (SSSR count). The van der Waals surface area contributed by atoms with E-state index < -0.39 is 15.3 Å². The summed E-state index contributed by atoms with van der Waals surface area (Å²) in [4.78, 5) is 12.3. The minimum atomic E-state index is -3.42. The quantitative estimate of drug-likeness (QED) is 0.853. The summed E-state index contributed by atoms with van der Waals surface area (Å²) in [5, 5.41) is 2.22. The van der Waals surface area contributed by atoms with Crippen molar-refractivity contribution in [3.05, 3.63) is 48.0 Å². The minimum Gasteiger partial charge on any atom is -0.454 e. The Labute approximate surface area is 146 Å². The highest BCUT2D eigenvalue weighted by atomic mass is 32.2. The maximum atomic E-state index is 12.3. The normalized spacial score (nSPS) is 12.9. The van der Waals surface area contributed by atoms with Crippen molar-refractivity contribution in [1.82, 2.24) is 0 Å². The predicted molar refractivity (Wildman–Crippen MR) is 94.6 cm³/mol. The van der Waals surface area contributed by atoms with Crippen LogP contribution in [0.5, 0.6) is 11.5 Å². The second-order valence-corrected chi connectivity index (χ2v) is 8.03. The molecule has 0 atom stereocenters. The Bertz CT molecular complexity index is 892. The number of benzene rings is 2. The van der Waals surface area contributed by atoms with Gasteiger partial charge in [-0.2, -0.15) is 0 Å². The molecule has 1 heterocycles. The van der Waals surface area contributed by atoms with Crippen molar-refractivity contribution in [3.8, 4) is 11.5 Å². The maximum Gasteiger partial charge on any atom is 0.255 e. The van der Waals surface area contributed by atoms with Crippen LogP contribution >= 0.6 is 0 Å². The zero-order valence-corrected chi connectivity index (χ0v) is 14.6. The smallest absolute Gasteiger partial charge is 0.255 e. The van der Waals surface area contributed by atoms with Gasteiger partial charge in [0.05, 0.1) is 5.25 Å². The van der Waals surface area contributed by atoms with Gasteiger partial charge in [0.2, 0.25) is 16.8 Å². The van der Waals surface area contributed by atoms with Crippen LogP contribution in [0, 0.1) is 0 Å². The van der Waals surface area contributed by atoms with E-state index in [0.717, 1.165) is 0 Å². The van der Waals surface area contributed by atoms with Crippen molar-refractivity contribution < 1.29 is 22.7 Å². The monoisotopic (exact) mass is 362 g/mol. The summed E-state index contributed by atoms with van der Waals surface area (Å²) >= 11 is 0. The number of hydrogen-bond donors (Lipinski definition) is 2. The molecule has 0 spiro atoms. The highest BCUT2D eigenvalue weighted by Crippen LogP contribution is 2.34. The molecular formula is C17H18N2O5S. The molecule has 1 aliphatic heterocycles. The fraction of sp³-hybridized carbons (Fsp3) is 0.235. The summed E-state index contributed by atoms with van der Waals surface area (Å²) in [7, 11) is -3.42. The number of ether oxygens (including phenoxy) is 2. The average Bonchev–Trinajstić information content (AvgIpc) is 3.02. The van der Waals surface area contributed by atoms with Crippen LogP contribution in [0.3, 0.4) is 0 Å². The summed E-state index contributed by atoms with van der Waals surface area (Å²) < 4.78 is 36.6. The molecule has 0 fully saturated rings. The van der Waals surface area contributed by atoms with Crippen molar-refractivity contribution >= 4 is 27.3 Å². The molecule has 2 N–H and O–H groups in total. The third-order valence-corrected chi connectivity index (χ3v) is 5.42. The Morgan fingerprint density at radius 1 is 1.00 bits per heavy atom. The van der Waals surface area contributed by atoms with Crippen LogP contribution in [0.15, 0.2) is 42.5 Å². The first kappa shape index (κ1) is 17.1. The van der Waals surface area contributed by atoms with Gasteiger partial charge in [0.15, 0.2) is 11.5 Å². The van der Waals surface area contributed by atoms with Crippen molar-refractivity contribution in [1.29, 1.82) is 0 Å². The van der Waals surface area contributed by atoms with E-state index in [2.05, 4.69) is 10.0 Å². The molecule has 2 aromatic carbocycles. The molecule has 1 amide bonds. The number of carbonyl (C=O) groups excluding carboxylic acids is 1. The lowest BCUT2D eigenvalue weighted by atomic mass is 10.2. The molecule has 0 saturated carbocycles. The number of amides is 1. The van der Waals surface area contributed by atoms with Crippen molar-refractivity contribution in [3.63, 3.8) is 0 Å². The number of fused-ring (bicyclic) bond motifs is 1. The van der Waals surface area contributed by atoms with Gasteiger partial charge in [0.1, 0.15) is 0 Å². The van der Waals surface area contributed by atoms with E-state index in [0.29, 0.717) is 28.4 Å². The zero-order chi connectivity index (χ0) is 18.0. The number of anilines is 2. The number of carbonyl (C=O) groups is 1. The van der Waals surface area contributed by atoms with E-state index in [9.17, 15) is 13.2 Å². The van der Waals surface area contributed by atoms with E-state index in [1.54, 1.807) is 56.3 Å². The Hall–Kier alpha value is -2.74. The molecule has 0 unspecified atom stereocenters. The lowest BCUT2D eigenvalue weighted by molar-refractivity contribution is 0.102. The van der Waals surface area contributed by atoms with E-state index in [-0.39, 0.29) is 12.7 Å². The van der Waals surface area contributed by atoms with E-state index in [1.165, 1.54) is 0 Å². The molecule has 8 heteroatoms. The Morgan fingerprint density at radius 2 is 1.64 bits per heavy atom. The summed E-state index contributed by atoms with van der Waals surface area (Å²) in [6.45, 7) is 3.35. The van der Waals surface area contributed by atoms with Crippen LogP contribution < -0.4 is 19.5 Å². The summed E-state index contributed by atoms with van der Waals surface area (Å²) in [5.41, 5.74) is 1.40. The summed E-state index contributed by atoms with van der Waals surface area (Å²) in [5.74, 6) is 0.910. The van der Waals surface area contributed by atoms with Crippen LogP contribution in [0.2, 0.25) is 0 Å². The first-order chi connectivity index (χ1) is 11.8. The molecule has 132 valence electrons. The minimum absolute atomic E-state index is 0.167. The SMILES string of the molecule is CC(C)S(=O)(=O)Nc1ccc(C(=O)Nc2ccc3c(c2)OCO3)cc1. The van der Waals surface area contributed by atoms with Gasteiger partial charge in [0.25, 0.3) is 5.91 Å². The molecular weight excluding hydrogens is 344 g/mol. The van der Waals surface area contributed by atoms with Gasteiger partial charge < -0.3 is 14.8 Å². The van der Waals surface area contributed by atoms with E-state index in [4.69, 9.17) is 9.47 Å². The van der Waals surface area contributed by atoms with Gasteiger partial charge >= 0.3 is 0 Å². The van der Waals surface area contributed by atoms with E-state index >= 15 is 0 Å². The Kier molecular flexibility index (Phi) is 4.54. The number of nitrogens with one attached hydrogen (secondary N) is 2. The van der Waals surface area contributed by atoms with Gasteiger partial charge in [-0.25, -0.2) is 8.42 Å². The third kappa shape index (κ3) is 3.85. The van der Waals surface area contributed by atoms with Crippen LogP contribution in [0.4, 0.5) is 11.4 Å². The molecule has 0 aromatic heterocycles. The topological polar surface area (TPSA) is 93.7 Å². The first-order valence-electron chi connectivity index (χ1n) is 7.68. The largest absolute Gasteiger partial charge is 0.454 e. The second-order valence-electron chi connectivity index (χ2n) is 5.80. The van der Waals surface area contributed by atoms with Gasteiger partial charge in [-0.3, -0.25) is 9.52 Å². The summed E-state index contributed by atoms with van der Waals surface area (Å²) in [6, 6.07) is 11.3. The lowest BCUT2D eigenvalue weighted by Crippen LogP contribution is -2.22. The van der Waals surface area contributed by atoms with Crippen molar-refractivity contribution in [2.45, 2.75) is 19.1 Å². The van der Waals surface area contributed by atoms with Crippen molar-refractivity contribution in [2.75, 3.05) is 16.8 Å².